The number of hydrogen-bond acceptors (Lipinski definition) is 10. The van der Waals surface area contributed by atoms with Gasteiger partial charge in [-0.25, -0.2) is 0 Å². The number of rotatable bonds is 60. The number of ether oxygens (including phenoxy) is 3. The van der Waals surface area contributed by atoms with E-state index in [2.05, 4.69) is 62.5 Å². The lowest BCUT2D eigenvalue weighted by Crippen LogP contribution is -2.61. The summed E-state index contributed by atoms with van der Waals surface area (Å²) in [6, 6.07) is -1.02. The number of aliphatic hydroxyl groups excluding tert-OH is 5. The number of amides is 1. The van der Waals surface area contributed by atoms with Crippen LogP contribution in [0.4, 0.5) is 0 Å². The van der Waals surface area contributed by atoms with Crippen LogP contribution in [0.15, 0.2) is 48.6 Å². The smallest absolute Gasteiger partial charge is 0.306 e. The van der Waals surface area contributed by atoms with E-state index in [0.29, 0.717) is 12.8 Å². The molecule has 1 saturated heterocycles. The fraction of sp³-hybridized carbons (Fsp3) is 0.859. The van der Waals surface area contributed by atoms with Crippen molar-refractivity contribution in [1.29, 1.82) is 0 Å². The van der Waals surface area contributed by atoms with E-state index in [4.69, 9.17) is 14.2 Å². The molecular formula is C71H131NO10. The molecule has 0 bridgehead atoms. The molecule has 0 aromatic carbocycles. The number of carbonyl (C=O) groups is 2. The molecule has 1 aliphatic heterocycles. The van der Waals surface area contributed by atoms with Gasteiger partial charge in [0.2, 0.25) is 5.91 Å². The van der Waals surface area contributed by atoms with Crippen molar-refractivity contribution >= 4 is 11.9 Å². The van der Waals surface area contributed by atoms with Crippen LogP contribution < -0.4 is 5.32 Å². The van der Waals surface area contributed by atoms with Gasteiger partial charge in [-0.15, -0.1) is 0 Å². The summed E-state index contributed by atoms with van der Waals surface area (Å²) in [7, 11) is 0. The van der Waals surface area contributed by atoms with Crippen molar-refractivity contribution in [3.63, 3.8) is 0 Å². The van der Waals surface area contributed by atoms with Crippen molar-refractivity contribution in [3.8, 4) is 0 Å². The van der Waals surface area contributed by atoms with Crippen molar-refractivity contribution in [2.45, 2.75) is 378 Å². The molecule has 11 heteroatoms. The van der Waals surface area contributed by atoms with Gasteiger partial charge in [0.25, 0.3) is 0 Å². The Morgan fingerprint density at radius 2 is 0.841 bits per heavy atom. The van der Waals surface area contributed by atoms with Crippen molar-refractivity contribution in [2.24, 2.45) is 0 Å². The molecule has 8 unspecified atom stereocenters. The lowest BCUT2D eigenvalue weighted by Gasteiger charge is -2.41. The molecule has 6 N–H and O–H groups in total. The van der Waals surface area contributed by atoms with E-state index >= 15 is 0 Å². The maximum atomic E-state index is 13.4. The number of nitrogens with one attached hydrogen (secondary N) is 1. The summed E-state index contributed by atoms with van der Waals surface area (Å²) in [4.78, 5) is 26.6. The molecule has 82 heavy (non-hydrogen) atoms. The summed E-state index contributed by atoms with van der Waals surface area (Å²) in [6.07, 6.45) is 63.0. The fourth-order valence-electron chi connectivity index (χ4n) is 10.9. The SMILES string of the molecule is CCCCC/C=C\C/C=C\CCCCCCCCCCCCCCCCCCCC(=O)OC1C(OCC(NC(=O)C(O)CCCCCCCC/C=C\CCCCCC)C(O)/C=C/CCCCCCCCCCCC)OC(CO)C(O)C1O. The first-order valence-corrected chi connectivity index (χ1v) is 34.9. The molecule has 0 radical (unpaired) electrons. The van der Waals surface area contributed by atoms with Gasteiger partial charge < -0.3 is 45.1 Å². The molecule has 0 aromatic rings. The monoisotopic (exact) mass is 1160 g/mol. The minimum Gasteiger partial charge on any atom is -0.454 e. The Morgan fingerprint density at radius 3 is 1.29 bits per heavy atom. The maximum absolute atomic E-state index is 13.4. The first-order valence-electron chi connectivity index (χ1n) is 34.9. The number of hydrogen-bond donors (Lipinski definition) is 6. The Kier molecular flexibility index (Phi) is 55.8. The summed E-state index contributed by atoms with van der Waals surface area (Å²) >= 11 is 0. The van der Waals surface area contributed by atoms with E-state index in [1.807, 2.05) is 6.08 Å². The largest absolute Gasteiger partial charge is 0.454 e. The summed E-state index contributed by atoms with van der Waals surface area (Å²) in [5.74, 6) is -1.19. The Labute approximate surface area is 504 Å². The lowest BCUT2D eigenvalue weighted by atomic mass is 9.99. The van der Waals surface area contributed by atoms with Crippen LogP contribution in [-0.4, -0.2) is 99.6 Å². The van der Waals surface area contributed by atoms with Gasteiger partial charge in [-0.2, -0.15) is 0 Å². The number of unbranched alkanes of at least 4 members (excludes halogenated alkanes) is 40. The third-order valence-corrected chi connectivity index (χ3v) is 16.5. The van der Waals surface area contributed by atoms with Gasteiger partial charge in [-0.1, -0.05) is 288 Å². The van der Waals surface area contributed by atoms with Crippen LogP contribution in [0.3, 0.4) is 0 Å². The standard InChI is InChI=1S/C71H131NO10/c1-4-7-10-13-16-19-22-25-27-28-29-30-31-32-33-34-35-36-37-38-39-41-44-47-50-53-56-59-66(76)82-69-68(78)67(77)65(60-73)81-71(69)80-61-62(63(74)57-54-51-48-45-42-24-21-18-15-12-9-6-3)72-70(79)64(75)58-55-52-49-46-43-40-26-23-20-17-14-11-8-5-2/h16,19-20,23,25,27,54,57,62-65,67-69,71,73-75,77-78H,4-15,17-18,21-22,24,26,28-53,55-56,58-61H2,1-3H3,(H,72,79)/b19-16-,23-20-,27-25-,57-54+. The molecular weight excluding hydrogens is 1030 g/mol. The predicted molar refractivity (Wildman–Crippen MR) is 343 cm³/mol. The highest BCUT2D eigenvalue weighted by Gasteiger charge is 2.47. The molecule has 8 atom stereocenters. The van der Waals surface area contributed by atoms with Gasteiger partial charge >= 0.3 is 5.97 Å². The third kappa shape index (κ3) is 45.9. The van der Waals surface area contributed by atoms with Gasteiger partial charge in [-0.05, 0) is 83.5 Å². The Balaban J connectivity index is 2.53. The normalized spacial score (nSPS) is 18.9. The lowest BCUT2D eigenvalue weighted by molar-refractivity contribution is -0.305. The quantitative estimate of drug-likeness (QED) is 0.0195. The molecule has 0 aromatic heterocycles. The number of allylic oxidation sites excluding steroid dienone is 7. The Hall–Kier alpha value is -2.38. The highest BCUT2D eigenvalue weighted by Crippen LogP contribution is 2.26. The summed E-state index contributed by atoms with van der Waals surface area (Å²) < 4.78 is 17.7. The van der Waals surface area contributed by atoms with Crippen LogP contribution in [0.25, 0.3) is 0 Å². The van der Waals surface area contributed by atoms with Crippen molar-refractivity contribution in [2.75, 3.05) is 13.2 Å². The number of aliphatic hydroxyl groups is 5. The highest BCUT2D eigenvalue weighted by atomic mass is 16.7. The second-order valence-corrected chi connectivity index (χ2v) is 24.3. The molecule has 480 valence electrons. The van der Waals surface area contributed by atoms with E-state index in [0.717, 1.165) is 77.0 Å². The van der Waals surface area contributed by atoms with E-state index in [1.165, 1.54) is 205 Å². The van der Waals surface area contributed by atoms with Crippen LogP contribution in [0.1, 0.15) is 329 Å². The first kappa shape index (κ1) is 77.6. The first-order chi connectivity index (χ1) is 40.2. The van der Waals surface area contributed by atoms with Gasteiger partial charge in [0.15, 0.2) is 12.4 Å². The van der Waals surface area contributed by atoms with Crippen LogP contribution in [-0.2, 0) is 23.8 Å². The van der Waals surface area contributed by atoms with Gasteiger partial charge in [0, 0.05) is 6.42 Å². The molecule has 1 fully saturated rings. The van der Waals surface area contributed by atoms with E-state index in [1.54, 1.807) is 6.08 Å². The van der Waals surface area contributed by atoms with Crippen LogP contribution in [0, 0.1) is 0 Å². The minimum absolute atomic E-state index is 0.126. The summed E-state index contributed by atoms with van der Waals surface area (Å²) in [5, 5.41) is 57.1. The zero-order valence-corrected chi connectivity index (χ0v) is 53.4. The molecule has 1 heterocycles. The Bertz CT molecular complexity index is 1520. The predicted octanol–water partition coefficient (Wildman–Crippen LogP) is 17.6. The zero-order valence-electron chi connectivity index (χ0n) is 53.4. The topological polar surface area (TPSA) is 175 Å². The highest BCUT2D eigenvalue weighted by molar-refractivity contribution is 5.80. The summed E-state index contributed by atoms with van der Waals surface area (Å²) in [5.41, 5.74) is 0. The zero-order chi connectivity index (χ0) is 59.6. The molecule has 0 aliphatic carbocycles. The Morgan fingerprint density at radius 1 is 0.476 bits per heavy atom. The number of carbonyl (C=O) groups excluding carboxylic acids is 2. The van der Waals surface area contributed by atoms with E-state index in [9.17, 15) is 35.1 Å². The average Bonchev–Trinajstić information content (AvgIpc) is 3.48. The molecule has 11 nitrogen and oxygen atoms in total. The molecule has 0 saturated carbocycles. The van der Waals surface area contributed by atoms with Gasteiger partial charge in [-0.3, -0.25) is 9.59 Å². The van der Waals surface area contributed by atoms with E-state index < -0.39 is 67.4 Å². The summed E-state index contributed by atoms with van der Waals surface area (Å²) in [6.45, 7) is 5.78. The molecule has 1 amide bonds. The minimum atomic E-state index is -1.61. The molecule has 1 rings (SSSR count). The maximum Gasteiger partial charge on any atom is 0.306 e. The number of esters is 1. The fourth-order valence-corrected chi connectivity index (χ4v) is 10.9. The van der Waals surface area contributed by atoms with Crippen molar-refractivity contribution in [3.05, 3.63) is 48.6 Å². The van der Waals surface area contributed by atoms with Crippen molar-refractivity contribution in [1.82, 2.24) is 5.32 Å². The van der Waals surface area contributed by atoms with Crippen molar-refractivity contribution < 1.29 is 49.3 Å². The average molecular weight is 1160 g/mol. The van der Waals surface area contributed by atoms with Crippen LogP contribution in [0.5, 0.6) is 0 Å². The van der Waals surface area contributed by atoms with E-state index in [-0.39, 0.29) is 19.4 Å². The van der Waals surface area contributed by atoms with Gasteiger partial charge in [0.05, 0.1) is 25.4 Å². The third-order valence-electron chi connectivity index (χ3n) is 16.5. The van der Waals surface area contributed by atoms with Crippen LogP contribution in [0.2, 0.25) is 0 Å². The van der Waals surface area contributed by atoms with Gasteiger partial charge in [0.1, 0.15) is 24.4 Å². The van der Waals surface area contributed by atoms with Crippen LogP contribution >= 0.6 is 0 Å². The second-order valence-electron chi connectivity index (χ2n) is 24.3. The molecule has 1 aliphatic rings. The molecule has 0 spiro atoms. The second kappa shape index (κ2) is 59.0.